The zero-order valence-corrected chi connectivity index (χ0v) is 12.1. The summed E-state index contributed by atoms with van der Waals surface area (Å²) in [6.45, 7) is 4.04. The number of aryl methyl sites for hydroxylation is 1. The van der Waals surface area contributed by atoms with Gasteiger partial charge in [0.2, 0.25) is 0 Å². The summed E-state index contributed by atoms with van der Waals surface area (Å²) in [5.74, 6) is 0. The molecular formula is C10H17N3O3S2. The van der Waals surface area contributed by atoms with Crippen molar-refractivity contribution in [1.29, 1.82) is 0 Å². The molecule has 0 amide bonds. The number of nitrogens with zero attached hydrogens (tertiary/aromatic N) is 3. The normalized spacial score (nSPS) is 18.4. The quantitative estimate of drug-likeness (QED) is 0.808. The Balaban J connectivity index is 2.07. The molecule has 8 heteroatoms. The molecule has 0 atom stereocenters. The Morgan fingerprint density at radius 3 is 2.72 bits per heavy atom. The highest BCUT2D eigenvalue weighted by atomic mass is 32.2. The first-order chi connectivity index (χ1) is 8.51. The van der Waals surface area contributed by atoms with Crippen LogP contribution in [0.5, 0.6) is 0 Å². The third-order valence-electron chi connectivity index (χ3n) is 2.90. The zero-order valence-electron chi connectivity index (χ0n) is 10.5. The molecule has 0 radical (unpaired) electrons. The van der Waals surface area contributed by atoms with Crippen LogP contribution in [-0.4, -0.2) is 55.4 Å². The molecule has 0 aromatic carbocycles. The summed E-state index contributed by atoms with van der Waals surface area (Å²) < 4.78 is 32.6. The van der Waals surface area contributed by atoms with Crippen molar-refractivity contribution in [2.75, 3.05) is 33.4 Å². The summed E-state index contributed by atoms with van der Waals surface area (Å²) in [6.07, 6.45) is 0. The molecule has 1 aliphatic rings. The van der Waals surface area contributed by atoms with Gasteiger partial charge in [-0.2, -0.15) is 17.0 Å². The topological polar surface area (TPSA) is 62.7 Å². The van der Waals surface area contributed by atoms with Gasteiger partial charge in [-0.1, -0.05) is 0 Å². The van der Waals surface area contributed by atoms with Crippen LogP contribution in [0.4, 0.5) is 0 Å². The summed E-state index contributed by atoms with van der Waals surface area (Å²) in [7, 11) is -1.79. The van der Waals surface area contributed by atoms with Gasteiger partial charge >= 0.3 is 0 Å². The van der Waals surface area contributed by atoms with Crippen molar-refractivity contribution < 1.29 is 13.2 Å². The third-order valence-corrected chi connectivity index (χ3v) is 5.76. The van der Waals surface area contributed by atoms with Crippen LogP contribution in [0, 0.1) is 6.92 Å². The van der Waals surface area contributed by atoms with E-state index in [4.69, 9.17) is 4.74 Å². The van der Waals surface area contributed by atoms with Crippen LogP contribution < -0.4 is 0 Å². The molecule has 1 aromatic rings. The van der Waals surface area contributed by atoms with Gasteiger partial charge in [-0.15, -0.1) is 11.3 Å². The fourth-order valence-corrected chi connectivity index (χ4v) is 3.94. The van der Waals surface area contributed by atoms with Gasteiger partial charge in [0.25, 0.3) is 10.2 Å². The number of thiazole rings is 1. The van der Waals surface area contributed by atoms with Gasteiger partial charge in [-0.05, 0) is 6.92 Å². The average Bonchev–Trinajstić information content (AvgIpc) is 2.76. The maximum Gasteiger partial charge on any atom is 0.282 e. The van der Waals surface area contributed by atoms with Crippen molar-refractivity contribution in [3.63, 3.8) is 0 Å². The van der Waals surface area contributed by atoms with Crippen molar-refractivity contribution in [1.82, 2.24) is 13.6 Å². The summed E-state index contributed by atoms with van der Waals surface area (Å²) in [5, 5.41) is 0. The number of aromatic nitrogens is 1. The number of hydrogen-bond acceptors (Lipinski definition) is 5. The van der Waals surface area contributed by atoms with E-state index in [-0.39, 0.29) is 0 Å². The molecule has 0 bridgehead atoms. The molecule has 2 heterocycles. The van der Waals surface area contributed by atoms with Crippen LogP contribution in [-0.2, 0) is 21.5 Å². The number of hydrogen-bond donors (Lipinski definition) is 0. The minimum Gasteiger partial charge on any atom is -0.379 e. The van der Waals surface area contributed by atoms with Crippen LogP contribution in [0.1, 0.15) is 10.6 Å². The first kappa shape index (κ1) is 13.9. The molecule has 1 aliphatic heterocycles. The molecule has 1 saturated heterocycles. The molecule has 1 fully saturated rings. The molecule has 0 saturated carbocycles. The van der Waals surface area contributed by atoms with E-state index in [0.29, 0.717) is 32.8 Å². The smallest absolute Gasteiger partial charge is 0.282 e. The predicted molar refractivity (Wildman–Crippen MR) is 69.6 cm³/mol. The highest BCUT2D eigenvalue weighted by molar-refractivity contribution is 7.86. The monoisotopic (exact) mass is 291 g/mol. The van der Waals surface area contributed by atoms with Crippen LogP contribution in [0.25, 0.3) is 0 Å². The molecular weight excluding hydrogens is 274 g/mol. The maximum atomic E-state index is 12.3. The van der Waals surface area contributed by atoms with Gasteiger partial charge in [-0.25, -0.2) is 4.98 Å². The van der Waals surface area contributed by atoms with E-state index in [2.05, 4.69) is 4.98 Å². The fraction of sp³-hybridized carbons (Fsp3) is 0.700. The second kappa shape index (κ2) is 5.62. The second-order valence-corrected chi connectivity index (χ2v) is 7.11. The summed E-state index contributed by atoms with van der Waals surface area (Å²) in [5.41, 5.74) is 2.63. The van der Waals surface area contributed by atoms with Gasteiger partial charge in [0.15, 0.2) is 0 Å². The highest BCUT2D eigenvalue weighted by Crippen LogP contribution is 2.18. The van der Waals surface area contributed by atoms with Gasteiger partial charge in [-0.3, -0.25) is 0 Å². The lowest BCUT2D eigenvalue weighted by molar-refractivity contribution is 0.0705. The van der Waals surface area contributed by atoms with Crippen LogP contribution in [0.15, 0.2) is 5.51 Å². The van der Waals surface area contributed by atoms with E-state index < -0.39 is 10.2 Å². The van der Waals surface area contributed by atoms with Gasteiger partial charge in [0, 0.05) is 25.0 Å². The minimum atomic E-state index is -3.39. The molecule has 1 aromatic heterocycles. The summed E-state index contributed by atoms with van der Waals surface area (Å²) in [4.78, 5) is 5.11. The Morgan fingerprint density at radius 2 is 2.17 bits per heavy atom. The summed E-state index contributed by atoms with van der Waals surface area (Å²) in [6, 6.07) is 0. The number of morpholine rings is 1. The van der Waals surface area contributed by atoms with E-state index in [1.54, 1.807) is 12.6 Å². The largest absolute Gasteiger partial charge is 0.379 e. The van der Waals surface area contributed by atoms with Crippen LogP contribution >= 0.6 is 11.3 Å². The standard InChI is InChI=1S/C10H17N3O3S2/c1-9-10(17-8-11-9)7-12(2)18(14,15)13-3-5-16-6-4-13/h8H,3-7H2,1-2H3. The van der Waals surface area contributed by atoms with E-state index in [1.807, 2.05) is 6.92 Å². The van der Waals surface area contributed by atoms with Gasteiger partial charge in [0.1, 0.15) is 0 Å². The highest BCUT2D eigenvalue weighted by Gasteiger charge is 2.28. The Labute approximate surface area is 111 Å². The first-order valence-electron chi connectivity index (χ1n) is 5.70. The van der Waals surface area contributed by atoms with Crippen molar-refractivity contribution in [3.05, 3.63) is 16.1 Å². The number of ether oxygens (including phenoxy) is 1. The Hall–Kier alpha value is -0.540. The van der Waals surface area contributed by atoms with Gasteiger partial charge < -0.3 is 4.74 Å². The SMILES string of the molecule is Cc1ncsc1CN(C)S(=O)(=O)N1CCOCC1. The average molecular weight is 291 g/mol. The van der Waals surface area contributed by atoms with Crippen molar-refractivity contribution >= 4 is 21.5 Å². The van der Waals surface area contributed by atoms with Crippen molar-refractivity contribution in [2.24, 2.45) is 0 Å². The van der Waals surface area contributed by atoms with E-state index in [9.17, 15) is 8.42 Å². The van der Waals surface area contributed by atoms with Gasteiger partial charge in [0.05, 0.1) is 31.0 Å². The van der Waals surface area contributed by atoms with Crippen molar-refractivity contribution in [3.8, 4) is 0 Å². The lowest BCUT2D eigenvalue weighted by Crippen LogP contribution is -2.47. The Bertz CT molecular complexity index is 494. The van der Waals surface area contributed by atoms with Crippen LogP contribution in [0.2, 0.25) is 0 Å². The molecule has 2 rings (SSSR count). The van der Waals surface area contributed by atoms with Crippen molar-refractivity contribution in [2.45, 2.75) is 13.5 Å². The molecule has 6 nitrogen and oxygen atoms in total. The van der Waals surface area contributed by atoms with E-state index in [0.717, 1.165) is 10.6 Å². The lowest BCUT2D eigenvalue weighted by Gasteiger charge is -2.30. The Morgan fingerprint density at radius 1 is 1.50 bits per heavy atom. The van der Waals surface area contributed by atoms with Crippen LogP contribution in [0.3, 0.4) is 0 Å². The minimum absolute atomic E-state index is 0.371. The molecule has 0 aliphatic carbocycles. The number of rotatable bonds is 4. The van der Waals surface area contributed by atoms with E-state index in [1.165, 1.54) is 19.9 Å². The lowest BCUT2D eigenvalue weighted by atomic mass is 10.4. The second-order valence-electron chi connectivity index (χ2n) is 4.14. The zero-order chi connectivity index (χ0) is 13.2. The maximum absolute atomic E-state index is 12.3. The molecule has 0 spiro atoms. The summed E-state index contributed by atoms with van der Waals surface area (Å²) >= 11 is 1.48. The molecule has 18 heavy (non-hydrogen) atoms. The fourth-order valence-electron chi connectivity index (χ4n) is 1.74. The first-order valence-corrected chi connectivity index (χ1v) is 7.97. The Kier molecular flexibility index (Phi) is 4.33. The molecule has 0 N–H and O–H groups in total. The molecule has 102 valence electrons. The third kappa shape index (κ3) is 2.89. The van der Waals surface area contributed by atoms with E-state index >= 15 is 0 Å². The molecule has 0 unspecified atom stereocenters. The predicted octanol–water partition coefficient (Wildman–Crippen LogP) is 0.460.